The predicted molar refractivity (Wildman–Crippen MR) is 64.9 cm³/mol. The van der Waals surface area contributed by atoms with Crippen LogP contribution < -0.4 is 0 Å². The van der Waals surface area contributed by atoms with Gasteiger partial charge in [-0.1, -0.05) is 28.1 Å². The fourth-order valence-electron chi connectivity index (χ4n) is 1.44. The van der Waals surface area contributed by atoms with Gasteiger partial charge in [-0.15, -0.1) is 0 Å². The zero-order valence-corrected chi connectivity index (χ0v) is 11.1. The Kier molecular flexibility index (Phi) is 4.10. The molecule has 0 aliphatic rings. The number of methoxy groups -OCH3 is 1. The second-order valence-electron chi connectivity index (χ2n) is 3.90. The van der Waals surface area contributed by atoms with Gasteiger partial charge in [-0.3, -0.25) is 4.79 Å². The van der Waals surface area contributed by atoms with E-state index in [4.69, 9.17) is 0 Å². The van der Waals surface area contributed by atoms with Gasteiger partial charge in [-0.05, 0) is 31.5 Å². The van der Waals surface area contributed by atoms with Gasteiger partial charge in [-0.2, -0.15) is 0 Å². The maximum absolute atomic E-state index is 11.4. The zero-order valence-electron chi connectivity index (χ0n) is 9.53. The summed E-state index contributed by atoms with van der Waals surface area (Å²) in [6, 6.07) is 7.22. The van der Waals surface area contributed by atoms with Crippen LogP contribution in [-0.2, 0) is 15.1 Å². The molecule has 3 nitrogen and oxygen atoms in total. The molecule has 2 atom stereocenters. The van der Waals surface area contributed by atoms with Gasteiger partial charge in [0.15, 0.2) is 0 Å². The number of esters is 1. The SMILES string of the molecule is COC(=O)C(C)C(C)(O)c1ccc(Br)cc1. The van der Waals surface area contributed by atoms with Crippen molar-refractivity contribution in [3.8, 4) is 0 Å². The van der Waals surface area contributed by atoms with Crippen molar-refractivity contribution < 1.29 is 14.6 Å². The molecule has 0 aliphatic carbocycles. The molecule has 0 saturated carbocycles. The first-order valence-corrected chi connectivity index (χ1v) is 5.75. The highest BCUT2D eigenvalue weighted by Crippen LogP contribution is 2.30. The van der Waals surface area contributed by atoms with Crippen molar-refractivity contribution in [3.63, 3.8) is 0 Å². The van der Waals surface area contributed by atoms with Gasteiger partial charge < -0.3 is 9.84 Å². The van der Waals surface area contributed by atoms with E-state index >= 15 is 0 Å². The van der Waals surface area contributed by atoms with E-state index in [2.05, 4.69) is 20.7 Å². The Hall–Kier alpha value is -0.870. The summed E-state index contributed by atoms with van der Waals surface area (Å²) in [5.41, 5.74) is -0.540. The van der Waals surface area contributed by atoms with Crippen molar-refractivity contribution in [2.45, 2.75) is 19.4 Å². The first-order valence-electron chi connectivity index (χ1n) is 4.96. The van der Waals surface area contributed by atoms with Crippen molar-refractivity contribution in [1.29, 1.82) is 0 Å². The topological polar surface area (TPSA) is 46.5 Å². The average Bonchev–Trinajstić information content (AvgIpc) is 2.27. The van der Waals surface area contributed by atoms with Gasteiger partial charge in [0.05, 0.1) is 18.6 Å². The maximum Gasteiger partial charge on any atom is 0.311 e. The van der Waals surface area contributed by atoms with Crippen LogP contribution >= 0.6 is 15.9 Å². The molecular weight excluding hydrogens is 272 g/mol. The summed E-state index contributed by atoms with van der Waals surface area (Å²) in [6.07, 6.45) is 0. The van der Waals surface area contributed by atoms with E-state index in [1.165, 1.54) is 7.11 Å². The lowest BCUT2D eigenvalue weighted by atomic mass is 9.84. The molecule has 0 bridgehead atoms. The monoisotopic (exact) mass is 286 g/mol. The third-order valence-corrected chi connectivity index (χ3v) is 3.36. The van der Waals surface area contributed by atoms with Gasteiger partial charge in [0.1, 0.15) is 0 Å². The fraction of sp³-hybridized carbons (Fsp3) is 0.417. The number of ether oxygens (including phenoxy) is 1. The minimum absolute atomic E-state index is 0.423. The van der Waals surface area contributed by atoms with Crippen LogP contribution in [0, 0.1) is 5.92 Å². The zero-order chi connectivity index (χ0) is 12.3. The molecule has 0 radical (unpaired) electrons. The molecule has 1 aromatic rings. The second-order valence-corrected chi connectivity index (χ2v) is 4.81. The Morgan fingerprint density at radius 2 is 1.94 bits per heavy atom. The lowest BCUT2D eigenvalue weighted by Crippen LogP contribution is -2.35. The Bertz CT molecular complexity index is 370. The molecule has 1 rings (SSSR count). The van der Waals surface area contributed by atoms with Gasteiger partial charge in [0.25, 0.3) is 0 Å². The molecule has 4 heteroatoms. The number of rotatable bonds is 3. The third-order valence-electron chi connectivity index (χ3n) is 2.83. The smallest absolute Gasteiger partial charge is 0.311 e. The van der Waals surface area contributed by atoms with E-state index < -0.39 is 17.5 Å². The Balaban J connectivity index is 3.01. The Labute approximate surface area is 104 Å². The number of carbonyl (C=O) groups excluding carboxylic acids is 1. The van der Waals surface area contributed by atoms with Gasteiger partial charge in [0, 0.05) is 4.47 Å². The molecule has 0 spiro atoms. The molecule has 0 fully saturated rings. The molecule has 1 N–H and O–H groups in total. The highest BCUT2D eigenvalue weighted by molar-refractivity contribution is 9.10. The van der Waals surface area contributed by atoms with Crippen LogP contribution in [0.25, 0.3) is 0 Å². The van der Waals surface area contributed by atoms with Crippen molar-refractivity contribution in [3.05, 3.63) is 34.3 Å². The Morgan fingerprint density at radius 1 is 1.44 bits per heavy atom. The molecule has 0 amide bonds. The summed E-state index contributed by atoms with van der Waals surface area (Å²) in [5, 5.41) is 10.3. The maximum atomic E-state index is 11.4. The van der Waals surface area contributed by atoms with E-state index in [-0.39, 0.29) is 0 Å². The molecule has 0 saturated heterocycles. The lowest BCUT2D eigenvalue weighted by molar-refractivity contribution is -0.154. The summed E-state index contributed by atoms with van der Waals surface area (Å²) in [4.78, 5) is 11.4. The molecular formula is C12H15BrO3. The molecule has 16 heavy (non-hydrogen) atoms. The van der Waals surface area contributed by atoms with E-state index in [1.54, 1.807) is 26.0 Å². The summed E-state index contributed by atoms with van der Waals surface area (Å²) < 4.78 is 5.56. The number of benzene rings is 1. The summed E-state index contributed by atoms with van der Waals surface area (Å²) in [6.45, 7) is 3.26. The largest absolute Gasteiger partial charge is 0.469 e. The normalized spacial score (nSPS) is 16.3. The van der Waals surface area contributed by atoms with Crippen LogP contribution in [0.5, 0.6) is 0 Å². The summed E-state index contributed by atoms with van der Waals surface area (Å²) in [5.74, 6) is -1.04. The van der Waals surface area contributed by atoms with Crippen molar-refractivity contribution in [1.82, 2.24) is 0 Å². The summed E-state index contributed by atoms with van der Waals surface area (Å²) >= 11 is 3.32. The van der Waals surface area contributed by atoms with E-state index in [0.717, 1.165) is 4.47 Å². The van der Waals surface area contributed by atoms with Gasteiger partial charge in [0.2, 0.25) is 0 Å². The van der Waals surface area contributed by atoms with Crippen LogP contribution in [-0.4, -0.2) is 18.2 Å². The van der Waals surface area contributed by atoms with Crippen LogP contribution in [0.3, 0.4) is 0 Å². The molecule has 0 aromatic heterocycles. The van der Waals surface area contributed by atoms with Crippen LogP contribution in [0.2, 0.25) is 0 Å². The molecule has 2 unspecified atom stereocenters. The van der Waals surface area contributed by atoms with Crippen LogP contribution in [0.4, 0.5) is 0 Å². The Morgan fingerprint density at radius 3 is 2.38 bits per heavy atom. The van der Waals surface area contributed by atoms with Gasteiger partial charge in [-0.25, -0.2) is 0 Å². The second kappa shape index (κ2) is 4.97. The molecule has 0 aliphatic heterocycles. The molecule has 88 valence electrons. The van der Waals surface area contributed by atoms with E-state index in [0.29, 0.717) is 5.56 Å². The molecule has 0 heterocycles. The third kappa shape index (κ3) is 2.62. The van der Waals surface area contributed by atoms with E-state index in [9.17, 15) is 9.90 Å². The minimum Gasteiger partial charge on any atom is -0.469 e. The highest BCUT2D eigenvalue weighted by atomic mass is 79.9. The number of hydrogen-bond acceptors (Lipinski definition) is 3. The first-order chi connectivity index (χ1) is 7.39. The van der Waals surface area contributed by atoms with Crippen LogP contribution in [0.1, 0.15) is 19.4 Å². The first kappa shape index (κ1) is 13.2. The standard InChI is InChI=1S/C12H15BrO3/c1-8(11(14)16-3)12(2,15)9-4-6-10(13)7-5-9/h4-8,15H,1-3H3. The lowest BCUT2D eigenvalue weighted by Gasteiger charge is -2.28. The van der Waals surface area contributed by atoms with E-state index in [1.807, 2.05) is 12.1 Å². The quantitative estimate of drug-likeness (QED) is 0.869. The van der Waals surface area contributed by atoms with Crippen LogP contribution in [0.15, 0.2) is 28.7 Å². The number of carbonyl (C=O) groups is 1. The number of halogens is 1. The average molecular weight is 287 g/mol. The molecule has 1 aromatic carbocycles. The highest BCUT2D eigenvalue weighted by Gasteiger charge is 2.36. The van der Waals surface area contributed by atoms with Crippen molar-refractivity contribution in [2.24, 2.45) is 5.92 Å². The fourth-order valence-corrected chi connectivity index (χ4v) is 1.71. The summed E-state index contributed by atoms with van der Waals surface area (Å²) in [7, 11) is 1.32. The number of hydrogen-bond donors (Lipinski definition) is 1. The van der Waals surface area contributed by atoms with Crippen molar-refractivity contribution >= 4 is 21.9 Å². The minimum atomic E-state index is -1.23. The number of aliphatic hydroxyl groups is 1. The van der Waals surface area contributed by atoms with Gasteiger partial charge >= 0.3 is 5.97 Å². The predicted octanol–water partition coefficient (Wildman–Crippen LogP) is 2.47. The van der Waals surface area contributed by atoms with Crippen molar-refractivity contribution in [2.75, 3.05) is 7.11 Å².